The summed E-state index contributed by atoms with van der Waals surface area (Å²) in [6.45, 7) is 9.84. The Morgan fingerprint density at radius 2 is 1.84 bits per heavy atom. The lowest BCUT2D eigenvalue weighted by atomic mass is 9.95. The van der Waals surface area contributed by atoms with Crippen LogP contribution in [-0.2, 0) is 11.8 Å². The number of aromatic nitrogens is 2. The van der Waals surface area contributed by atoms with Crippen LogP contribution in [0.25, 0.3) is 11.0 Å². The molecule has 1 atom stereocenters. The number of rotatable bonds is 4. The monoisotopic (exact) mass is 342 g/mol. The van der Waals surface area contributed by atoms with Gasteiger partial charge in [0, 0.05) is 38.6 Å². The van der Waals surface area contributed by atoms with Crippen LogP contribution in [0.3, 0.4) is 0 Å². The minimum absolute atomic E-state index is 0.590. The molecule has 0 spiro atoms. The van der Waals surface area contributed by atoms with E-state index in [4.69, 9.17) is 9.72 Å². The molecule has 2 aromatic rings. The van der Waals surface area contributed by atoms with Gasteiger partial charge in [-0.3, -0.25) is 4.90 Å². The van der Waals surface area contributed by atoms with E-state index in [9.17, 15) is 0 Å². The van der Waals surface area contributed by atoms with Crippen LogP contribution in [0.15, 0.2) is 24.3 Å². The fourth-order valence-corrected chi connectivity index (χ4v) is 4.41. The standard InChI is InChI=1S/C20H30N4O/c1-16(24-11-13-25-14-12-24)15-23-9-7-17(8-10-23)20-21-18-5-3-4-6-19(18)22(20)2/h3-6,16-17H,7-15H2,1-2H3/t16-/m1/s1. The van der Waals surface area contributed by atoms with Gasteiger partial charge >= 0.3 is 0 Å². The Balaban J connectivity index is 1.35. The number of piperidine rings is 1. The summed E-state index contributed by atoms with van der Waals surface area (Å²) in [7, 11) is 2.16. The maximum absolute atomic E-state index is 5.47. The summed E-state index contributed by atoms with van der Waals surface area (Å²) < 4.78 is 7.77. The Bertz CT molecular complexity index is 699. The van der Waals surface area contributed by atoms with Crippen molar-refractivity contribution in [3.8, 4) is 0 Å². The molecule has 0 bridgehead atoms. The van der Waals surface area contributed by atoms with Crippen LogP contribution in [0.5, 0.6) is 0 Å². The molecule has 2 fully saturated rings. The van der Waals surface area contributed by atoms with Crippen LogP contribution in [0.1, 0.15) is 31.5 Å². The highest BCUT2D eigenvalue weighted by Crippen LogP contribution is 2.29. The molecule has 2 aliphatic heterocycles. The molecule has 0 radical (unpaired) electrons. The van der Waals surface area contributed by atoms with Gasteiger partial charge in [-0.05, 0) is 45.0 Å². The molecular formula is C20H30N4O. The number of ether oxygens (including phenoxy) is 1. The van der Waals surface area contributed by atoms with Crippen molar-refractivity contribution in [3.63, 3.8) is 0 Å². The summed E-state index contributed by atoms with van der Waals surface area (Å²) in [5, 5.41) is 0. The number of fused-ring (bicyclic) bond motifs is 1. The van der Waals surface area contributed by atoms with Gasteiger partial charge in [0.25, 0.3) is 0 Å². The summed E-state index contributed by atoms with van der Waals surface area (Å²) in [4.78, 5) is 10.1. The summed E-state index contributed by atoms with van der Waals surface area (Å²) in [6.07, 6.45) is 2.43. The van der Waals surface area contributed by atoms with E-state index >= 15 is 0 Å². The minimum Gasteiger partial charge on any atom is -0.379 e. The molecule has 1 aromatic heterocycles. The van der Waals surface area contributed by atoms with Gasteiger partial charge in [0.15, 0.2) is 0 Å². The van der Waals surface area contributed by atoms with Crippen molar-refractivity contribution in [2.75, 3.05) is 45.9 Å². The molecule has 0 N–H and O–H groups in total. The molecule has 0 unspecified atom stereocenters. The Hall–Kier alpha value is -1.43. The second kappa shape index (κ2) is 7.44. The van der Waals surface area contributed by atoms with Crippen LogP contribution in [0.2, 0.25) is 0 Å². The van der Waals surface area contributed by atoms with Crippen molar-refractivity contribution in [2.24, 2.45) is 7.05 Å². The van der Waals surface area contributed by atoms with Crippen molar-refractivity contribution >= 4 is 11.0 Å². The van der Waals surface area contributed by atoms with Crippen LogP contribution >= 0.6 is 0 Å². The quantitative estimate of drug-likeness (QED) is 0.855. The third-order valence-electron chi connectivity index (χ3n) is 5.97. The zero-order valence-electron chi connectivity index (χ0n) is 15.5. The first-order valence-electron chi connectivity index (χ1n) is 9.68. The SMILES string of the molecule is C[C@H](CN1CCC(c2nc3ccccc3n2C)CC1)N1CCOCC1. The van der Waals surface area contributed by atoms with Gasteiger partial charge in [-0.2, -0.15) is 0 Å². The van der Waals surface area contributed by atoms with Crippen molar-refractivity contribution in [1.82, 2.24) is 19.4 Å². The van der Waals surface area contributed by atoms with Gasteiger partial charge in [0.1, 0.15) is 5.82 Å². The molecule has 25 heavy (non-hydrogen) atoms. The van der Waals surface area contributed by atoms with Crippen LogP contribution in [0.4, 0.5) is 0 Å². The summed E-state index contributed by atoms with van der Waals surface area (Å²) >= 11 is 0. The fraction of sp³-hybridized carbons (Fsp3) is 0.650. The Labute approximate surface area is 150 Å². The van der Waals surface area contributed by atoms with E-state index in [2.05, 4.69) is 52.6 Å². The number of nitrogens with zero attached hydrogens (tertiary/aromatic N) is 4. The molecule has 3 heterocycles. The number of morpholine rings is 1. The first kappa shape index (κ1) is 17.0. The highest BCUT2D eigenvalue weighted by molar-refractivity contribution is 5.75. The lowest BCUT2D eigenvalue weighted by Crippen LogP contribution is -2.48. The second-order valence-corrected chi connectivity index (χ2v) is 7.59. The minimum atomic E-state index is 0.590. The fourth-order valence-electron chi connectivity index (χ4n) is 4.41. The lowest BCUT2D eigenvalue weighted by Gasteiger charge is -2.38. The zero-order chi connectivity index (χ0) is 17.2. The summed E-state index contributed by atoms with van der Waals surface area (Å²) in [5.74, 6) is 1.86. The predicted octanol–water partition coefficient (Wildman–Crippen LogP) is 2.47. The highest BCUT2D eigenvalue weighted by Gasteiger charge is 2.26. The maximum Gasteiger partial charge on any atom is 0.112 e. The van der Waals surface area contributed by atoms with Gasteiger partial charge in [-0.1, -0.05) is 12.1 Å². The van der Waals surface area contributed by atoms with Gasteiger partial charge in [0.2, 0.25) is 0 Å². The number of hydrogen-bond acceptors (Lipinski definition) is 4. The lowest BCUT2D eigenvalue weighted by molar-refractivity contribution is 0.0106. The largest absolute Gasteiger partial charge is 0.379 e. The Morgan fingerprint density at radius 1 is 1.12 bits per heavy atom. The molecule has 0 saturated carbocycles. The second-order valence-electron chi connectivity index (χ2n) is 7.59. The predicted molar refractivity (Wildman–Crippen MR) is 101 cm³/mol. The van der Waals surface area contributed by atoms with Gasteiger partial charge < -0.3 is 14.2 Å². The van der Waals surface area contributed by atoms with E-state index in [-0.39, 0.29) is 0 Å². The van der Waals surface area contributed by atoms with Gasteiger partial charge in [-0.25, -0.2) is 4.98 Å². The van der Waals surface area contributed by atoms with E-state index in [0.29, 0.717) is 12.0 Å². The zero-order valence-corrected chi connectivity index (χ0v) is 15.5. The average Bonchev–Trinajstić information content (AvgIpc) is 3.00. The van der Waals surface area contributed by atoms with Crippen molar-refractivity contribution < 1.29 is 4.74 Å². The van der Waals surface area contributed by atoms with E-state index in [1.165, 1.54) is 43.8 Å². The molecule has 2 aliphatic rings. The molecule has 4 rings (SSSR count). The van der Waals surface area contributed by atoms with E-state index < -0.39 is 0 Å². The van der Waals surface area contributed by atoms with Crippen LogP contribution < -0.4 is 0 Å². The number of likely N-dealkylation sites (tertiary alicyclic amines) is 1. The number of imidazole rings is 1. The number of para-hydroxylation sites is 2. The van der Waals surface area contributed by atoms with E-state index in [0.717, 1.165) is 31.8 Å². The first-order valence-corrected chi connectivity index (χ1v) is 9.68. The van der Waals surface area contributed by atoms with Crippen molar-refractivity contribution in [2.45, 2.75) is 31.7 Å². The van der Waals surface area contributed by atoms with Gasteiger partial charge in [0.05, 0.1) is 24.2 Å². The first-order chi connectivity index (χ1) is 12.2. The topological polar surface area (TPSA) is 33.5 Å². The van der Waals surface area contributed by atoms with Crippen LogP contribution in [0, 0.1) is 0 Å². The average molecular weight is 342 g/mol. The molecule has 5 nitrogen and oxygen atoms in total. The Kier molecular flexibility index (Phi) is 5.06. The van der Waals surface area contributed by atoms with Crippen molar-refractivity contribution in [3.05, 3.63) is 30.1 Å². The number of aryl methyl sites for hydroxylation is 1. The van der Waals surface area contributed by atoms with Crippen molar-refractivity contribution in [1.29, 1.82) is 0 Å². The maximum atomic E-state index is 5.47. The van der Waals surface area contributed by atoms with Gasteiger partial charge in [-0.15, -0.1) is 0 Å². The normalized spacial score (nSPS) is 22.5. The smallest absolute Gasteiger partial charge is 0.112 e. The molecule has 136 valence electrons. The molecule has 0 amide bonds. The summed E-state index contributed by atoms with van der Waals surface area (Å²) in [5.41, 5.74) is 2.38. The summed E-state index contributed by atoms with van der Waals surface area (Å²) in [6, 6.07) is 9.09. The Morgan fingerprint density at radius 3 is 2.56 bits per heavy atom. The number of benzene rings is 1. The van der Waals surface area contributed by atoms with Crippen LogP contribution in [-0.4, -0.2) is 71.3 Å². The molecular weight excluding hydrogens is 312 g/mol. The highest BCUT2D eigenvalue weighted by atomic mass is 16.5. The molecule has 0 aliphatic carbocycles. The number of hydrogen-bond donors (Lipinski definition) is 0. The molecule has 5 heteroatoms. The molecule has 1 aromatic carbocycles. The third kappa shape index (κ3) is 3.59. The third-order valence-corrected chi connectivity index (χ3v) is 5.97. The van der Waals surface area contributed by atoms with E-state index in [1.807, 2.05) is 0 Å². The molecule has 2 saturated heterocycles. The van der Waals surface area contributed by atoms with E-state index in [1.54, 1.807) is 0 Å².